The van der Waals surface area contributed by atoms with Crippen LogP contribution in [0.25, 0.3) is 0 Å². The highest BCUT2D eigenvalue weighted by atomic mass is 16.6. The number of methoxy groups -OCH3 is 2. The van der Waals surface area contributed by atoms with E-state index in [1.54, 1.807) is 26.4 Å². The van der Waals surface area contributed by atoms with Crippen molar-refractivity contribution >= 4 is 5.69 Å². The van der Waals surface area contributed by atoms with Gasteiger partial charge in [-0.3, -0.25) is 10.1 Å². The lowest BCUT2D eigenvalue weighted by molar-refractivity contribution is -0.903. The highest BCUT2D eigenvalue weighted by Crippen LogP contribution is 2.18. The maximum absolute atomic E-state index is 10.7. The maximum atomic E-state index is 10.7. The molecule has 0 aliphatic carbocycles. The van der Waals surface area contributed by atoms with Gasteiger partial charge in [-0.1, -0.05) is 6.07 Å². The number of hydrogen-bond acceptors (Lipinski definition) is 6. The zero-order valence-corrected chi connectivity index (χ0v) is 13.6. The summed E-state index contributed by atoms with van der Waals surface area (Å²) < 4.78 is 15.6. The fraction of sp³-hybridized carbons (Fsp3) is 0.600. The molecule has 0 amide bonds. The molecule has 8 heteroatoms. The Hall–Kier alpha value is -1.74. The molecular weight excluding hydrogens is 304 g/mol. The van der Waals surface area contributed by atoms with Crippen molar-refractivity contribution < 1.29 is 29.1 Å². The van der Waals surface area contributed by atoms with Crippen molar-refractivity contribution in [2.75, 3.05) is 53.7 Å². The van der Waals surface area contributed by atoms with Crippen LogP contribution < -0.4 is 9.64 Å². The first kappa shape index (κ1) is 19.3. The Bertz CT molecular complexity index is 463. The molecule has 0 saturated heterocycles. The Balaban J connectivity index is 2.45. The number of ether oxygens (including phenoxy) is 3. The lowest BCUT2D eigenvalue weighted by Crippen LogP contribution is -3.14. The second kappa shape index (κ2) is 10.9. The van der Waals surface area contributed by atoms with Crippen molar-refractivity contribution in [3.05, 3.63) is 34.4 Å². The van der Waals surface area contributed by atoms with E-state index in [0.29, 0.717) is 25.5 Å². The van der Waals surface area contributed by atoms with Crippen LogP contribution in [0.15, 0.2) is 24.3 Å². The first-order chi connectivity index (χ1) is 11.1. The summed E-state index contributed by atoms with van der Waals surface area (Å²) in [7, 11) is 3.27. The molecule has 2 N–H and O–H groups in total. The van der Waals surface area contributed by atoms with Gasteiger partial charge < -0.3 is 24.2 Å². The molecule has 0 bridgehead atoms. The molecule has 8 nitrogen and oxygen atoms in total. The van der Waals surface area contributed by atoms with Crippen molar-refractivity contribution in [3.8, 4) is 5.75 Å². The van der Waals surface area contributed by atoms with Gasteiger partial charge in [0.05, 0.1) is 24.2 Å². The van der Waals surface area contributed by atoms with Gasteiger partial charge in [0.1, 0.15) is 38.1 Å². The van der Waals surface area contributed by atoms with E-state index in [0.717, 1.165) is 18.0 Å². The van der Waals surface area contributed by atoms with Crippen LogP contribution in [0, 0.1) is 10.1 Å². The minimum Gasteiger partial charge on any atom is -0.490 e. The molecule has 0 unspecified atom stereocenters. The Morgan fingerprint density at radius 3 is 2.48 bits per heavy atom. The van der Waals surface area contributed by atoms with E-state index in [1.807, 2.05) is 0 Å². The first-order valence-electron chi connectivity index (χ1n) is 7.43. The molecule has 0 aromatic heterocycles. The second-order valence-corrected chi connectivity index (χ2v) is 5.16. The number of aliphatic hydroxyl groups is 1. The molecule has 1 rings (SSSR count). The second-order valence-electron chi connectivity index (χ2n) is 5.16. The van der Waals surface area contributed by atoms with E-state index in [9.17, 15) is 15.2 Å². The fourth-order valence-corrected chi connectivity index (χ4v) is 2.09. The molecule has 0 aliphatic rings. The highest BCUT2D eigenvalue weighted by Gasteiger charge is 2.16. The summed E-state index contributed by atoms with van der Waals surface area (Å²) in [6.45, 7) is 3.27. The van der Waals surface area contributed by atoms with E-state index >= 15 is 0 Å². The van der Waals surface area contributed by atoms with Crippen molar-refractivity contribution in [3.63, 3.8) is 0 Å². The normalized spacial score (nSPS) is 12.3. The lowest BCUT2D eigenvalue weighted by Gasteiger charge is -2.22. The number of aliphatic hydroxyl groups excluding tert-OH is 1. The predicted octanol–water partition coefficient (Wildman–Crippen LogP) is -0.488. The largest absolute Gasteiger partial charge is 0.490 e. The molecular formula is C15H25N2O6+. The van der Waals surface area contributed by atoms with Crippen LogP contribution in [0.1, 0.15) is 0 Å². The van der Waals surface area contributed by atoms with Crippen LogP contribution in [0.4, 0.5) is 5.69 Å². The molecule has 0 saturated carbocycles. The molecule has 0 spiro atoms. The van der Waals surface area contributed by atoms with Gasteiger partial charge in [-0.05, 0) is 6.07 Å². The summed E-state index contributed by atoms with van der Waals surface area (Å²) in [5.74, 6) is 0.369. The van der Waals surface area contributed by atoms with Gasteiger partial charge in [0.25, 0.3) is 5.69 Å². The average Bonchev–Trinajstić information content (AvgIpc) is 2.55. The average molecular weight is 329 g/mol. The number of nitro benzene ring substituents is 1. The highest BCUT2D eigenvalue weighted by molar-refractivity contribution is 5.37. The van der Waals surface area contributed by atoms with Gasteiger partial charge >= 0.3 is 0 Å². The predicted molar refractivity (Wildman–Crippen MR) is 83.9 cm³/mol. The molecule has 0 radical (unpaired) electrons. The summed E-state index contributed by atoms with van der Waals surface area (Å²) in [5.41, 5.74) is -0.0376. The van der Waals surface area contributed by atoms with Crippen LogP contribution in [0.3, 0.4) is 0 Å². The smallest absolute Gasteiger partial charge is 0.273 e. The number of nitrogens with one attached hydrogen (secondary N) is 1. The summed E-state index contributed by atoms with van der Waals surface area (Å²) in [4.78, 5) is 11.4. The third-order valence-electron chi connectivity index (χ3n) is 3.31. The number of nitrogens with zero attached hydrogens (tertiary/aromatic N) is 1. The van der Waals surface area contributed by atoms with Gasteiger partial charge in [0.2, 0.25) is 0 Å². The van der Waals surface area contributed by atoms with E-state index in [2.05, 4.69) is 0 Å². The molecule has 1 atom stereocenters. The van der Waals surface area contributed by atoms with Crippen molar-refractivity contribution in [2.24, 2.45) is 0 Å². The number of quaternary nitrogens is 1. The SMILES string of the molecule is COCC[NH+](CCOC)C[C@H](O)COc1cccc([N+](=O)[O-])c1. The fourth-order valence-electron chi connectivity index (χ4n) is 2.09. The molecule has 130 valence electrons. The van der Waals surface area contributed by atoms with Gasteiger partial charge in [-0.15, -0.1) is 0 Å². The van der Waals surface area contributed by atoms with Gasteiger partial charge in [-0.25, -0.2) is 0 Å². The number of rotatable bonds is 12. The van der Waals surface area contributed by atoms with E-state index in [1.165, 1.54) is 12.1 Å². The summed E-state index contributed by atoms with van der Waals surface area (Å²) >= 11 is 0. The summed E-state index contributed by atoms with van der Waals surface area (Å²) in [5, 5.41) is 20.8. The van der Waals surface area contributed by atoms with Crippen LogP contribution >= 0.6 is 0 Å². The van der Waals surface area contributed by atoms with Gasteiger partial charge in [0, 0.05) is 20.3 Å². The molecule has 0 fully saturated rings. The van der Waals surface area contributed by atoms with Crippen molar-refractivity contribution in [1.29, 1.82) is 0 Å². The molecule has 0 heterocycles. The Morgan fingerprint density at radius 2 is 1.91 bits per heavy atom. The quantitative estimate of drug-likeness (QED) is 0.397. The van der Waals surface area contributed by atoms with Crippen molar-refractivity contribution in [2.45, 2.75) is 6.10 Å². The van der Waals surface area contributed by atoms with Crippen LogP contribution in [-0.2, 0) is 9.47 Å². The standard InChI is InChI=1S/C15H24N2O6/c1-21-8-6-16(7-9-22-2)11-14(18)12-23-15-5-3-4-13(10-15)17(19)20/h3-5,10,14,18H,6-9,11-12H2,1-2H3/p+1/t14-/m0/s1. The minimum atomic E-state index is -0.682. The van der Waals surface area contributed by atoms with Crippen LogP contribution in [0.2, 0.25) is 0 Å². The van der Waals surface area contributed by atoms with E-state index in [4.69, 9.17) is 14.2 Å². The molecule has 0 aliphatic heterocycles. The summed E-state index contributed by atoms with van der Waals surface area (Å²) in [6, 6.07) is 5.91. The van der Waals surface area contributed by atoms with Gasteiger partial charge in [0.15, 0.2) is 0 Å². The van der Waals surface area contributed by atoms with Crippen LogP contribution in [0.5, 0.6) is 5.75 Å². The van der Waals surface area contributed by atoms with Crippen LogP contribution in [-0.4, -0.2) is 69.8 Å². The number of nitro groups is 1. The molecule has 23 heavy (non-hydrogen) atoms. The third kappa shape index (κ3) is 7.89. The third-order valence-corrected chi connectivity index (χ3v) is 3.31. The Labute approximate surface area is 135 Å². The van der Waals surface area contributed by atoms with Crippen molar-refractivity contribution in [1.82, 2.24) is 0 Å². The molecule has 1 aromatic carbocycles. The zero-order chi connectivity index (χ0) is 17.1. The topological polar surface area (TPSA) is 95.5 Å². The van der Waals surface area contributed by atoms with E-state index < -0.39 is 11.0 Å². The molecule has 1 aromatic rings. The number of non-ortho nitro benzene ring substituents is 1. The Kier molecular flexibility index (Phi) is 9.15. The lowest BCUT2D eigenvalue weighted by atomic mass is 10.3. The minimum absolute atomic E-state index is 0.0376. The number of hydrogen-bond donors (Lipinski definition) is 2. The first-order valence-corrected chi connectivity index (χ1v) is 7.43. The van der Waals surface area contributed by atoms with Gasteiger partial charge in [-0.2, -0.15) is 0 Å². The maximum Gasteiger partial charge on any atom is 0.273 e. The monoisotopic (exact) mass is 329 g/mol. The Morgan fingerprint density at radius 1 is 1.26 bits per heavy atom. The summed E-state index contributed by atoms with van der Waals surface area (Å²) in [6.07, 6.45) is -0.682. The zero-order valence-electron chi connectivity index (χ0n) is 13.6. The number of benzene rings is 1. The van der Waals surface area contributed by atoms with E-state index in [-0.39, 0.29) is 12.3 Å².